The third-order valence-corrected chi connectivity index (χ3v) is 2.50. The first-order valence-corrected chi connectivity index (χ1v) is 5.34. The maximum absolute atomic E-state index is 12.1. The highest BCUT2D eigenvalue weighted by Crippen LogP contribution is 2.27. The molecule has 0 unspecified atom stereocenters. The maximum atomic E-state index is 12.1. The molecule has 0 aliphatic carbocycles. The minimum atomic E-state index is -4.25. The van der Waals surface area contributed by atoms with Crippen LogP contribution in [0.2, 0.25) is 0 Å². The molecule has 0 saturated heterocycles. The Morgan fingerprint density at radius 1 is 1.39 bits per heavy atom. The van der Waals surface area contributed by atoms with Crippen molar-refractivity contribution >= 4 is 5.97 Å². The lowest BCUT2D eigenvalue weighted by Gasteiger charge is -2.16. The molecule has 3 nitrogen and oxygen atoms in total. The van der Waals surface area contributed by atoms with Crippen LogP contribution >= 0.6 is 0 Å². The number of alkyl halides is 3. The second-order valence-electron chi connectivity index (χ2n) is 3.84. The summed E-state index contributed by atoms with van der Waals surface area (Å²) in [4.78, 5) is 11.4. The number of rotatable bonds is 4. The molecule has 1 rings (SSSR count). The molecule has 18 heavy (non-hydrogen) atoms. The van der Waals surface area contributed by atoms with Gasteiger partial charge in [-0.2, -0.15) is 13.2 Å². The van der Waals surface area contributed by atoms with Crippen LogP contribution in [0.1, 0.15) is 34.8 Å². The lowest BCUT2D eigenvalue weighted by Crippen LogP contribution is -2.18. The second kappa shape index (κ2) is 5.86. The van der Waals surface area contributed by atoms with E-state index in [1.807, 2.05) is 0 Å². The van der Waals surface area contributed by atoms with E-state index in [1.165, 1.54) is 19.2 Å². The van der Waals surface area contributed by atoms with Crippen LogP contribution < -0.4 is 5.73 Å². The van der Waals surface area contributed by atoms with E-state index >= 15 is 0 Å². The summed E-state index contributed by atoms with van der Waals surface area (Å²) in [6.45, 7) is 0. The van der Waals surface area contributed by atoms with Gasteiger partial charge in [-0.1, -0.05) is 18.2 Å². The Bertz CT molecular complexity index is 418. The van der Waals surface area contributed by atoms with E-state index in [1.54, 1.807) is 12.1 Å². The van der Waals surface area contributed by atoms with E-state index < -0.39 is 24.6 Å². The van der Waals surface area contributed by atoms with Crippen LogP contribution in [0.4, 0.5) is 13.2 Å². The molecule has 0 saturated carbocycles. The Labute approximate surface area is 103 Å². The van der Waals surface area contributed by atoms with Gasteiger partial charge >= 0.3 is 12.1 Å². The van der Waals surface area contributed by atoms with Gasteiger partial charge in [-0.05, 0) is 18.1 Å². The van der Waals surface area contributed by atoms with Gasteiger partial charge < -0.3 is 10.5 Å². The molecule has 0 aliphatic heterocycles. The van der Waals surface area contributed by atoms with E-state index in [4.69, 9.17) is 5.73 Å². The van der Waals surface area contributed by atoms with Gasteiger partial charge in [0.25, 0.3) is 0 Å². The quantitative estimate of drug-likeness (QED) is 0.848. The van der Waals surface area contributed by atoms with E-state index in [2.05, 4.69) is 4.74 Å². The summed E-state index contributed by atoms with van der Waals surface area (Å²) in [5, 5.41) is 0. The number of esters is 1. The normalized spacial score (nSPS) is 13.2. The lowest BCUT2D eigenvalue weighted by atomic mass is 9.97. The fourth-order valence-corrected chi connectivity index (χ4v) is 1.59. The molecular weight excluding hydrogens is 247 g/mol. The van der Waals surface area contributed by atoms with E-state index in [9.17, 15) is 18.0 Å². The highest BCUT2D eigenvalue weighted by atomic mass is 19.4. The average molecular weight is 261 g/mol. The van der Waals surface area contributed by atoms with Gasteiger partial charge in [0, 0.05) is 12.5 Å². The fraction of sp³-hybridized carbons (Fsp3) is 0.417. The molecule has 0 aliphatic rings. The molecule has 0 aromatic heterocycles. The lowest BCUT2D eigenvalue weighted by molar-refractivity contribution is -0.136. The molecule has 0 bridgehead atoms. The standard InChI is InChI=1S/C12H14F3NO2/c1-18-11(17)9-5-3-2-4-8(9)10(16)6-7-12(13,14)15/h2-5,10H,6-7,16H2,1H3/t10-/m0/s1. The van der Waals surface area contributed by atoms with Gasteiger partial charge in [0.05, 0.1) is 12.7 Å². The SMILES string of the molecule is COC(=O)c1ccccc1[C@@H](N)CCC(F)(F)F. The molecule has 1 aromatic rings. The number of ether oxygens (including phenoxy) is 1. The summed E-state index contributed by atoms with van der Waals surface area (Å²) in [5.74, 6) is -0.604. The zero-order valence-electron chi connectivity index (χ0n) is 9.83. The third-order valence-electron chi connectivity index (χ3n) is 2.50. The van der Waals surface area contributed by atoms with Gasteiger partial charge in [0.1, 0.15) is 0 Å². The van der Waals surface area contributed by atoms with Crippen molar-refractivity contribution in [1.29, 1.82) is 0 Å². The van der Waals surface area contributed by atoms with Gasteiger partial charge in [-0.15, -0.1) is 0 Å². The summed E-state index contributed by atoms with van der Waals surface area (Å²) in [6, 6.07) is 5.39. The first-order chi connectivity index (χ1) is 8.35. The van der Waals surface area contributed by atoms with Gasteiger partial charge in [-0.3, -0.25) is 0 Å². The number of hydrogen-bond donors (Lipinski definition) is 1. The van der Waals surface area contributed by atoms with Crippen LogP contribution in [0.5, 0.6) is 0 Å². The summed E-state index contributed by atoms with van der Waals surface area (Å²) < 4.78 is 40.9. The van der Waals surface area contributed by atoms with Crippen LogP contribution in [0.25, 0.3) is 0 Å². The largest absolute Gasteiger partial charge is 0.465 e. The van der Waals surface area contributed by atoms with Crippen molar-refractivity contribution in [2.24, 2.45) is 5.73 Å². The van der Waals surface area contributed by atoms with Crippen molar-refractivity contribution in [3.05, 3.63) is 35.4 Å². The Balaban J connectivity index is 2.85. The Kier molecular flexibility index (Phi) is 4.72. The van der Waals surface area contributed by atoms with Crippen molar-refractivity contribution in [3.63, 3.8) is 0 Å². The monoisotopic (exact) mass is 261 g/mol. The Hall–Kier alpha value is -1.56. The number of carbonyl (C=O) groups is 1. The van der Waals surface area contributed by atoms with Crippen LogP contribution in [0.15, 0.2) is 24.3 Å². The molecule has 0 spiro atoms. The van der Waals surface area contributed by atoms with Crippen molar-refractivity contribution < 1.29 is 22.7 Å². The van der Waals surface area contributed by atoms with Gasteiger partial charge in [-0.25, -0.2) is 4.79 Å². The molecular formula is C12H14F3NO2. The van der Waals surface area contributed by atoms with Crippen molar-refractivity contribution in [3.8, 4) is 0 Å². The maximum Gasteiger partial charge on any atom is 0.389 e. The minimum Gasteiger partial charge on any atom is -0.465 e. The first kappa shape index (κ1) is 14.5. The summed E-state index contributed by atoms with van der Waals surface area (Å²) >= 11 is 0. The summed E-state index contributed by atoms with van der Waals surface area (Å²) in [6.07, 6.45) is -5.50. The summed E-state index contributed by atoms with van der Waals surface area (Å²) in [5.41, 5.74) is 6.26. The smallest absolute Gasteiger partial charge is 0.389 e. The molecule has 1 atom stereocenters. The second-order valence-corrected chi connectivity index (χ2v) is 3.84. The summed E-state index contributed by atoms with van der Waals surface area (Å²) in [7, 11) is 1.21. The van der Waals surface area contributed by atoms with Crippen LogP contribution in [0.3, 0.4) is 0 Å². The molecule has 0 fully saturated rings. The van der Waals surface area contributed by atoms with Crippen molar-refractivity contribution in [1.82, 2.24) is 0 Å². The van der Waals surface area contributed by atoms with Crippen LogP contribution in [0, 0.1) is 0 Å². The van der Waals surface area contributed by atoms with E-state index in [-0.39, 0.29) is 12.0 Å². The Morgan fingerprint density at radius 2 is 2.00 bits per heavy atom. The molecule has 2 N–H and O–H groups in total. The van der Waals surface area contributed by atoms with Crippen LogP contribution in [-0.2, 0) is 4.74 Å². The number of nitrogens with two attached hydrogens (primary N) is 1. The minimum absolute atomic E-state index is 0.203. The van der Waals surface area contributed by atoms with Gasteiger partial charge in [0.15, 0.2) is 0 Å². The third kappa shape index (κ3) is 4.03. The topological polar surface area (TPSA) is 52.3 Å². The predicted octanol–water partition coefficient (Wildman–Crippen LogP) is 2.82. The molecule has 0 radical (unpaired) electrons. The van der Waals surface area contributed by atoms with E-state index in [0.717, 1.165) is 0 Å². The molecule has 0 heterocycles. The number of hydrogen-bond acceptors (Lipinski definition) is 3. The zero-order chi connectivity index (χ0) is 13.8. The number of benzene rings is 1. The predicted molar refractivity (Wildman–Crippen MR) is 60.0 cm³/mol. The molecule has 6 heteroatoms. The highest BCUT2D eigenvalue weighted by molar-refractivity contribution is 5.91. The number of halogens is 3. The van der Waals surface area contributed by atoms with Gasteiger partial charge in [0.2, 0.25) is 0 Å². The fourth-order valence-electron chi connectivity index (χ4n) is 1.59. The first-order valence-electron chi connectivity index (χ1n) is 5.34. The van der Waals surface area contributed by atoms with Crippen LogP contribution in [-0.4, -0.2) is 19.3 Å². The Morgan fingerprint density at radius 3 is 2.56 bits per heavy atom. The average Bonchev–Trinajstić information content (AvgIpc) is 2.34. The van der Waals surface area contributed by atoms with Crippen molar-refractivity contribution in [2.75, 3.05) is 7.11 Å². The highest BCUT2D eigenvalue weighted by Gasteiger charge is 2.28. The number of carbonyl (C=O) groups excluding carboxylic acids is 1. The molecule has 0 amide bonds. The number of methoxy groups -OCH3 is 1. The van der Waals surface area contributed by atoms with Crippen molar-refractivity contribution in [2.45, 2.75) is 25.1 Å². The zero-order valence-corrected chi connectivity index (χ0v) is 9.83. The molecule has 100 valence electrons. The van der Waals surface area contributed by atoms with E-state index in [0.29, 0.717) is 5.56 Å². The molecule has 1 aromatic carbocycles.